The maximum Gasteiger partial charge on any atom is 0.339 e. The van der Waals surface area contributed by atoms with Gasteiger partial charge in [0.2, 0.25) is 0 Å². The molecule has 0 saturated carbocycles. The van der Waals surface area contributed by atoms with Gasteiger partial charge in [0, 0.05) is 22.7 Å². The third-order valence-electron chi connectivity index (χ3n) is 5.48. The van der Waals surface area contributed by atoms with Crippen molar-refractivity contribution in [2.24, 2.45) is 0 Å². The molecule has 1 heterocycles. The van der Waals surface area contributed by atoms with E-state index in [9.17, 15) is 18.3 Å². The van der Waals surface area contributed by atoms with Crippen molar-refractivity contribution >= 4 is 32.6 Å². The summed E-state index contributed by atoms with van der Waals surface area (Å²) in [6, 6.07) is 16.3. The molecule has 182 valence electrons. The zero-order valence-electron chi connectivity index (χ0n) is 19.7. The van der Waals surface area contributed by atoms with Crippen LogP contribution in [0.1, 0.15) is 27.0 Å². The molecule has 9 heteroatoms. The minimum Gasteiger partial charge on any atom is -0.496 e. The minimum absolute atomic E-state index is 0.00602. The smallest absolute Gasteiger partial charge is 0.339 e. The van der Waals surface area contributed by atoms with Crippen LogP contribution in [0.4, 0.5) is 5.69 Å². The minimum atomic E-state index is -4.03. The average molecular weight is 503 g/mol. The van der Waals surface area contributed by atoms with Crippen molar-refractivity contribution in [2.75, 3.05) is 18.9 Å². The second-order valence-electron chi connectivity index (χ2n) is 7.74. The fourth-order valence-corrected chi connectivity index (χ4v) is 4.93. The Morgan fingerprint density at radius 2 is 1.67 bits per heavy atom. The second kappa shape index (κ2) is 9.98. The lowest BCUT2D eigenvalue weighted by atomic mass is 10.0. The zero-order chi connectivity index (χ0) is 25.9. The molecule has 0 aliphatic heterocycles. The third-order valence-corrected chi connectivity index (χ3v) is 6.88. The predicted octanol–water partition coefficient (Wildman–Crippen LogP) is 4.46. The van der Waals surface area contributed by atoms with Gasteiger partial charge in [0.15, 0.2) is 0 Å². The first-order valence-electron chi connectivity index (χ1n) is 10.7. The van der Waals surface area contributed by atoms with Crippen molar-refractivity contribution in [3.05, 3.63) is 89.1 Å². The number of aromatic carboxylic acids is 1. The summed E-state index contributed by atoms with van der Waals surface area (Å²) in [4.78, 5) is 15.7. The van der Waals surface area contributed by atoms with Gasteiger partial charge >= 0.3 is 5.97 Å². The zero-order valence-corrected chi connectivity index (χ0v) is 20.5. The number of nitrogens with zero attached hydrogens (tertiary/aromatic N) is 1. The molecule has 4 aromatic rings. The van der Waals surface area contributed by atoms with E-state index in [2.05, 4.69) is 21.5 Å². The van der Waals surface area contributed by atoms with Crippen LogP contribution < -0.4 is 14.2 Å². The lowest BCUT2D eigenvalue weighted by molar-refractivity contribution is 0.0693. The number of aromatic nitrogens is 1. The van der Waals surface area contributed by atoms with Crippen LogP contribution in [0, 0.1) is 18.8 Å². The van der Waals surface area contributed by atoms with E-state index in [4.69, 9.17) is 9.47 Å². The number of para-hydroxylation sites is 1. The highest BCUT2D eigenvalue weighted by Gasteiger charge is 2.21. The van der Waals surface area contributed by atoms with Crippen molar-refractivity contribution in [2.45, 2.75) is 11.8 Å². The number of hydrogen-bond donors (Lipinski definition) is 2. The fourth-order valence-electron chi connectivity index (χ4n) is 3.69. The molecule has 0 aliphatic carbocycles. The van der Waals surface area contributed by atoms with Crippen LogP contribution in [0.3, 0.4) is 0 Å². The van der Waals surface area contributed by atoms with Crippen molar-refractivity contribution in [1.29, 1.82) is 0 Å². The molecule has 2 N–H and O–H groups in total. The number of ether oxygens (including phenoxy) is 2. The predicted molar refractivity (Wildman–Crippen MR) is 136 cm³/mol. The molecule has 36 heavy (non-hydrogen) atoms. The number of benzene rings is 3. The molecule has 8 nitrogen and oxygen atoms in total. The normalized spacial score (nSPS) is 10.9. The Morgan fingerprint density at radius 3 is 2.39 bits per heavy atom. The van der Waals surface area contributed by atoms with E-state index in [1.54, 1.807) is 55.5 Å². The molecule has 1 aromatic heterocycles. The molecular weight excluding hydrogens is 480 g/mol. The van der Waals surface area contributed by atoms with Gasteiger partial charge in [0.1, 0.15) is 22.0 Å². The molecule has 0 atom stereocenters. The van der Waals surface area contributed by atoms with E-state index in [1.165, 1.54) is 32.5 Å². The molecule has 0 bridgehead atoms. The number of carboxylic acid groups (broad SMARTS) is 1. The molecular formula is C27H22N2O6S. The van der Waals surface area contributed by atoms with Crippen LogP contribution in [0.5, 0.6) is 11.5 Å². The van der Waals surface area contributed by atoms with Gasteiger partial charge in [-0.2, -0.15) is 0 Å². The number of sulfonamides is 1. The number of hydrogen-bond acceptors (Lipinski definition) is 6. The number of nitrogens with one attached hydrogen (secondary N) is 1. The van der Waals surface area contributed by atoms with Gasteiger partial charge in [-0.1, -0.05) is 24.0 Å². The first-order chi connectivity index (χ1) is 17.2. The van der Waals surface area contributed by atoms with Gasteiger partial charge in [0.05, 0.1) is 25.4 Å². The highest BCUT2D eigenvalue weighted by molar-refractivity contribution is 7.93. The molecule has 0 fully saturated rings. The van der Waals surface area contributed by atoms with E-state index in [0.717, 1.165) is 0 Å². The van der Waals surface area contributed by atoms with Crippen LogP contribution in [-0.4, -0.2) is 38.7 Å². The number of carbonyl (C=O) groups is 1. The number of rotatable bonds is 6. The molecule has 0 saturated heterocycles. The molecule has 3 aromatic carbocycles. The van der Waals surface area contributed by atoms with Gasteiger partial charge in [-0.25, -0.2) is 13.2 Å². The van der Waals surface area contributed by atoms with Crippen molar-refractivity contribution in [3.63, 3.8) is 0 Å². The molecule has 0 radical (unpaired) electrons. The summed E-state index contributed by atoms with van der Waals surface area (Å²) < 4.78 is 39.9. The Labute approximate surface area is 208 Å². The molecule has 0 spiro atoms. The highest BCUT2D eigenvalue weighted by atomic mass is 32.2. The molecule has 4 rings (SSSR count). The summed E-state index contributed by atoms with van der Waals surface area (Å²) in [6.45, 7) is 1.74. The third kappa shape index (κ3) is 4.80. The van der Waals surface area contributed by atoms with Crippen molar-refractivity contribution in [1.82, 2.24) is 4.98 Å². The summed E-state index contributed by atoms with van der Waals surface area (Å²) in [6.07, 6.45) is 1.52. The van der Waals surface area contributed by atoms with E-state index >= 15 is 0 Å². The second-order valence-corrected chi connectivity index (χ2v) is 9.39. The summed E-state index contributed by atoms with van der Waals surface area (Å²) >= 11 is 0. The largest absolute Gasteiger partial charge is 0.496 e. The number of fused-ring (bicyclic) bond motifs is 1. The van der Waals surface area contributed by atoms with Gasteiger partial charge in [0.25, 0.3) is 10.0 Å². The van der Waals surface area contributed by atoms with Gasteiger partial charge in [-0.3, -0.25) is 9.71 Å². The van der Waals surface area contributed by atoms with Gasteiger partial charge < -0.3 is 14.6 Å². The standard InChI is InChI=1S/C27H22N2O6S/c1-17-15-21(27(30)31)24(35-3)16-19(17)11-10-18-7-4-5-9-22(18)29-36(32,33)25-13-12-23(34-2)20-8-6-14-28-26(20)25/h4-9,12-16,29H,1-3H3,(H,30,31). The average Bonchev–Trinajstić information content (AvgIpc) is 2.87. The van der Waals surface area contributed by atoms with Crippen LogP contribution in [0.2, 0.25) is 0 Å². The summed E-state index contributed by atoms with van der Waals surface area (Å²) in [5.74, 6) is 5.58. The van der Waals surface area contributed by atoms with E-state index < -0.39 is 16.0 Å². The number of pyridine rings is 1. The fraction of sp³-hybridized carbons (Fsp3) is 0.111. The number of aryl methyl sites for hydroxylation is 1. The van der Waals surface area contributed by atoms with Crippen LogP contribution in [-0.2, 0) is 10.0 Å². The van der Waals surface area contributed by atoms with E-state index in [1.807, 2.05) is 0 Å². The first-order valence-corrected chi connectivity index (χ1v) is 12.2. The van der Waals surface area contributed by atoms with Crippen LogP contribution in [0.15, 0.2) is 71.8 Å². The Bertz CT molecular complexity index is 1650. The van der Waals surface area contributed by atoms with Crippen molar-refractivity contribution < 1.29 is 27.8 Å². The SMILES string of the molecule is COc1cc(C#Cc2ccccc2NS(=O)(=O)c2ccc(OC)c3cccnc23)c(C)cc1C(=O)O. The Balaban J connectivity index is 1.73. The lowest BCUT2D eigenvalue weighted by Crippen LogP contribution is -2.14. The Morgan fingerprint density at radius 1 is 0.944 bits per heavy atom. The first kappa shape index (κ1) is 24.6. The van der Waals surface area contributed by atoms with Crippen LogP contribution in [0.25, 0.3) is 10.9 Å². The maximum atomic E-state index is 13.4. The lowest BCUT2D eigenvalue weighted by Gasteiger charge is -2.13. The Kier molecular flexibility index (Phi) is 6.81. The highest BCUT2D eigenvalue weighted by Crippen LogP contribution is 2.31. The topological polar surface area (TPSA) is 115 Å². The van der Waals surface area contributed by atoms with Crippen LogP contribution >= 0.6 is 0 Å². The van der Waals surface area contributed by atoms with Crippen molar-refractivity contribution in [3.8, 4) is 23.3 Å². The number of methoxy groups -OCH3 is 2. The quantitative estimate of drug-likeness (QED) is 0.374. The number of carboxylic acids is 1. The Hall–Kier alpha value is -4.55. The summed E-state index contributed by atoms with van der Waals surface area (Å²) in [7, 11) is -1.13. The van der Waals surface area contributed by atoms with Gasteiger partial charge in [-0.15, -0.1) is 0 Å². The van der Waals surface area contributed by atoms with E-state index in [0.29, 0.717) is 27.8 Å². The van der Waals surface area contributed by atoms with Gasteiger partial charge in [-0.05, 0) is 61.0 Å². The molecule has 0 unspecified atom stereocenters. The van der Waals surface area contributed by atoms with E-state index in [-0.39, 0.29) is 27.4 Å². The summed E-state index contributed by atoms with van der Waals surface area (Å²) in [5, 5.41) is 9.94. The monoisotopic (exact) mass is 502 g/mol. The summed E-state index contributed by atoms with van der Waals surface area (Å²) in [5.41, 5.74) is 2.25. The molecule has 0 amide bonds. The maximum absolute atomic E-state index is 13.4. The molecule has 0 aliphatic rings. The number of anilines is 1.